The number of aromatic nitrogens is 2. The Hall–Kier alpha value is -2.33. The molecule has 1 fully saturated rings. The first-order chi connectivity index (χ1) is 15.3. The second-order valence-corrected chi connectivity index (χ2v) is 11.0. The van der Waals surface area contributed by atoms with Crippen molar-refractivity contribution in [2.75, 3.05) is 18.4 Å². The predicted molar refractivity (Wildman–Crippen MR) is 127 cm³/mol. The van der Waals surface area contributed by atoms with Gasteiger partial charge in [-0.15, -0.1) is 10.2 Å². The van der Waals surface area contributed by atoms with E-state index in [-0.39, 0.29) is 4.90 Å². The molecule has 0 atom stereocenters. The lowest BCUT2D eigenvalue weighted by Crippen LogP contribution is -2.32. The molecule has 0 unspecified atom stereocenters. The number of sulfonamides is 1. The molecule has 7 nitrogen and oxygen atoms in total. The summed E-state index contributed by atoms with van der Waals surface area (Å²) >= 11 is 7.15. The summed E-state index contributed by atoms with van der Waals surface area (Å²) in [5, 5.41) is 12.5. The van der Waals surface area contributed by atoms with Crippen molar-refractivity contribution in [2.24, 2.45) is 0 Å². The van der Waals surface area contributed by atoms with Crippen molar-refractivity contribution in [2.45, 2.75) is 37.5 Å². The fraction of sp³-hybridized carbons (Fsp3) is 0.318. The molecule has 0 aliphatic carbocycles. The lowest BCUT2D eigenvalue weighted by Gasteiger charge is -2.20. The Morgan fingerprint density at radius 2 is 1.72 bits per heavy atom. The number of halogens is 1. The summed E-state index contributed by atoms with van der Waals surface area (Å²) in [5.41, 5.74) is 1.82. The molecule has 1 aliphatic heterocycles. The highest BCUT2D eigenvalue weighted by atomic mass is 35.5. The maximum Gasteiger partial charge on any atom is 0.257 e. The molecule has 1 aliphatic rings. The summed E-state index contributed by atoms with van der Waals surface area (Å²) < 4.78 is 27.8. The van der Waals surface area contributed by atoms with Gasteiger partial charge >= 0.3 is 0 Å². The van der Waals surface area contributed by atoms with Crippen LogP contribution in [0.4, 0.5) is 5.13 Å². The van der Waals surface area contributed by atoms with Crippen molar-refractivity contribution >= 4 is 44.0 Å². The van der Waals surface area contributed by atoms with E-state index >= 15 is 0 Å². The first kappa shape index (κ1) is 22.8. The Morgan fingerprint density at radius 3 is 2.41 bits per heavy atom. The number of nitrogens with one attached hydrogen (secondary N) is 1. The van der Waals surface area contributed by atoms with Gasteiger partial charge < -0.3 is 0 Å². The SMILES string of the molecule is Cc1ccc(S(=O)(=O)N2CCCCCC2)cc1C(=O)Nc1nnc(-c2ccc(Cl)cc2)s1. The Morgan fingerprint density at radius 1 is 1.03 bits per heavy atom. The second-order valence-electron chi connectivity index (χ2n) is 7.67. The topological polar surface area (TPSA) is 92.3 Å². The zero-order valence-corrected chi connectivity index (χ0v) is 19.9. The molecule has 2 aromatic carbocycles. The third-order valence-corrected chi connectivity index (χ3v) is 8.43. The molecule has 0 saturated carbocycles. The van der Waals surface area contributed by atoms with Crippen LogP contribution >= 0.6 is 22.9 Å². The fourth-order valence-electron chi connectivity index (χ4n) is 3.58. The standard InChI is InChI=1S/C22H23ClN4O3S2/c1-15-6-11-18(32(29,30)27-12-4-2-3-5-13-27)14-19(15)20(28)24-22-26-25-21(31-22)16-7-9-17(23)10-8-16/h6-11,14H,2-5,12-13H2,1H3,(H,24,26,28). The number of anilines is 1. The molecule has 168 valence electrons. The van der Waals surface area contributed by atoms with E-state index in [0.29, 0.717) is 39.4 Å². The molecule has 3 aromatic rings. The average Bonchev–Trinajstić information content (AvgIpc) is 3.05. The summed E-state index contributed by atoms with van der Waals surface area (Å²) in [7, 11) is -3.65. The van der Waals surface area contributed by atoms with Gasteiger partial charge in [-0.3, -0.25) is 10.1 Å². The van der Waals surface area contributed by atoms with Gasteiger partial charge in [-0.25, -0.2) is 8.42 Å². The number of carbonyl (C=O) groups excluding carboxylic acids is 1. The van der Waals surface area contributed by atoms with E-state index in [1.807, 2.05) is 12.1 Å². The Kier molecular flexibility index (Phi) is 6.90. The van der Waals surface area contributed by atoms with Crippen LogP contribution in [0, 0.1) is 6.92 Å². The van der Waals surface area contributed by atoms with Crippen molar-refractivity contribution in [1.29, 1.82) is 0 Å². The van der Waals surface area contributed by atoms with Gasteiger partial charge in [0.05, 0.1) is 4.90 Å². The summed E-state index contributed by atoms with van der Waals surface area (Å²) in [5.74, 6) is -0.422. The van der Waals surface area contributed by atoms with Gasteiger partial charge in [-0.1, -0.05) is 54.0 Å². The van der Waals surface area contributed by atoms with E-state index < -0.39 is 15.9 Å². The number of nitrogens with zero attached hydrogens (tertiary/aromatic N) is 3. The Balaban J connectivity index is 1.55. The fourth-order valence-corrected chi connectivity index (χ4v) is 6.00. The highest BCUT2D eigenvalue weighted by Crippen LogP contribution is 2.28. The number of amides is 1. The number of hydrogen-bond acceptors (Lipinski definition) is 6. The molecule has 0 bridgehead atoms. The normalized spacial score (nSPS) is 15.3. The number of benzene rings is 2. The smallest absolute Gasteiger partial charge is 0.257 e. The monoisotopic (exact) mass is 490 g/mol. The Bertz CT molecular complexity index is 1220. The molecular formula is C22H23ClN4O3S2. The van der Waals surface area contributed by atoms with Crippen molar-refractivity contribution < 1.29 is 13.2 Å². The van der Waals surface area contributed by atoms with Crippen LogP contribution in [0.2, 0.25) is 5.02 Å². The van der Waals surface area contributed by atoms with Gasteiger partial charge in [0.2, 0.25) is 15.2 Å². The first-order valence-corrected chi connectivity index (χ1v) is 13.0. The minimum atomic E-state index is -3.65. The average molecular weight is 491 g/mol. The third kappa shape index (κ3) is 5.01. The molecule has 1 saturated heterocycles. The molecule has 1 N–H and O–H groups in total. The summed E-state index contributed by atoms with van der Waals surface area (Å²) in [4.78, 5) is 13.1. The highest BCUT2D eigenvalue weighted by molar-refractivity contribution is 7.89. The minimum Gasteiger partial charge on any atom is -0.296 e. The minimum absolute atomic E-state index is 0.134. The Labute approximate surface area is 196 Å². The number of rotatable bonds is 5. The van der Waals surface area contributed by atoms with Gasteiger partial charge in [0, 0.05) is 29.2 Å². The molecule has 1 aromatic heterocycles. The van der Waals surface area contributed by atoms with E-state index in [4.69, 9.17) is 11.6 Å². The third-order valence-electron chi connectivity index (χ3n) is 5.39. The van der Waals surface area contributed by atoms with Crippen molar-refractivity contribution in [3.05, 3.63) is 58.6 Å². The van der Waals surface area contributed by atoms with E-state index in [9.17, 15) is 13.2 Å². The number of aryl methyl sites for hydroxylation is 1. The van der Waals surface area contributed by atoms with Crippen molar-refractivity contribution in [3.63, 3.8) is 0 Å². The van der Waals surface area contributed by atoms with Crippen LogP contribution in [0.3, 0.4) is 0 Å². The van der Waals surface area contributed by atoms with E-state index in [1.165, 1.54) is 21.7 Å². The van der Waals surface area contributed by atoms with Gasteiger partial charge in [0.25, 0.3) is 5.91 Å². The summed E-state index contributed by atoms with van der Waals surface area (Å²) in [6, 6.07) is 11.9. The van der Waals surface area contributed by atoms with Crippen LogP contribution in [-0.4, -0.2) is 41.9 Å². The zero-order valence-electron chi connectivity index (χ0n) is 17.5. The molecule has 10 heteroatoms. The predicted octanol–water partition coefficient (Wildman–Crippen LogP) is 4.98. The van der Waals surface area contributed by atoms with Crippen molar-refractivity contribution in [3.8, 4) is 10.6 Å². The van der Waals surface area contributed by atoms with E-state index in [1.54, 1.807) is 31.2 Å². The van der Waals surface area contributed by atoms with Crippen LogP contribution in [0.15, 0.2) is 47.4 Å². The first-order valence-electron chi connectivity index (χ1n) is 10.4. The van der Waals surface area contributed by atoms with Gasteiger partial charge in [-0.2, -0.15) is 4.31 Å². The summed E-state index contributed by atoms with van der Waals surface area (Å²) in [6.45, 7) is 2.79. The van der Waals surface area contributed by atoms with Crippen LogP contribution < -0.4 is 5.32 Å². The van der Waals surface area contributed by atoms with Gasteiger partial charge in [0.1, 0.15) is 5.01 Å². The molecular weight excluding hydrogens is 468 g/mol. The largest absolute Gasteiger partial charge is 0.296 e. The molecule has 1 amide bonds. The quantitative estimate of drug-likeness (QED) is 0.544. The van der Waals surface area contributed by atoms with E-state index in [2.05, 4.69) is 15.5 Å². The van der Waals surface area contributed by atoms with Crippen LogP contribution in [0.5, 0.6) is 0 Å². The van der Waals surface area contributed by atoms with Gasteiger partial charge in [0.15, 0.2) is 0 Å². The molecule has 4 rings (SSSR count). The van der Waals surface area contributed by atoms with Crippen LogP contribution in [0.1, 0.15) is 41.6 Å². The maximum atomic E-state index is 13.1. The van der Waals surface area contributed by atoms with Crippen LogP contribution in [-0.2, 0) is 10.0 Å². The summed E-state index contributed by atoms with van der Waals surface area (Å²) in [6.07, 6.45) is 3.78. The molecule has 0 spiro atoms. The molecule has 32 heavy (non-hydrogen) atoms. The molecule has 0 radical (unpaired) electrons. The molecule has 2 heterocycles. The maximum absolute atomic E-state index is 13.1. The zero-order chi connectivity index (χ0) is 22.7. The van der Waals surface area contributed by atoms with Gasteiger partial charge in [-0.05, 0) is 49.6 Å². The lowest BCUT2D eigenvalue weighted by molar-refractivity contribution is 0.102. The van der Waals surface area contributed by atoms with Crippen molar-refractivity contribution in [1.82, 2.24) is 14.5 Å². The number of hydrogen-bond donors (Lipinski definition) is 1. The lowest BCUT2D eigenvalue weighted by atomic mass is 10.1. The second kappa shape index (κ2) is 9.66. The van der Waals surface area contributed by atoms with E-state index in [0.717, 1.165) is 31.2 Å². The highest BCUT2D eigenvalue weighted by Gasteiger charge is 2.26. The number of carbonyl (C=O) groups is 1. The van der Waals surface area contributed by atoms with Crippen LogP contribution in [0.25, 0.3) is 10.6 Å².